The zero-order chi connectivity index (χ0) is 11.9. The highest BCUT2D eigenvalue weighted by Crippen LogP contribution is 2.26. The lowest BCUT2D eigenvalue weighted by Gasteiger charge is -2.15. The van der Waals surface area contributed by atoms with Crippen molar-refractivity contribution in [2.75, 3.05) is 0 Å². The van der Waals surface area contributed by atoms with Crippen molar-refractivity contribution in [2.45, 2.75) is 38.0 Å². The smallest absolute Gasteiger partial charge is 0.0577 e. The third-order valence-corrected chi connectivity index (χ3v) is 3.32. The normalized spacial score (nSPS) is 25.9. The topological polar surface area (TPSA) is 32.6 Å². The summed E-state index contributed by atoms with van der Waals surface area (Å²) in [5.41, 5.74) is 2.27. The van der Waals surface area contributed by atoms with Crippen LogP contribution in [0.25, 0.3) is 0 Å². The van der Waals surface area contributed by atoms with Crippen molar-refractivity contribution in [2.24, 2.45) is 5.16 Å². The maximum Gasteiger partial charge on any atom is 0.0577 e. The minimum Gasteiger partial charge on any atom is -0.411 e. The Kier molecular flexibility index (Phi) is 4.37. The lowest BCUT2D eigenvalue weighted by molar-refractivity contribution is 0.315. The van der Waals surface area contributed by atoms with Crippen LogP contribution in [0.4, 0.5) is 0 Å². The molecular weight excluding hydrogens is 210 g/mol. The molecule has 1 N–H and O–H groups in total. The summed E-state index contributed by atoms with van der Waals surface area (Å²) in [6.07, 6.45) is 9.48. The number of nitrogens with zero attached hydrogens (tertiary/aromatic N) is 1. The van der Waals surface area contributed by atoms with E-state index in [9.17, 15) is 0 Å². The molecule has 2 nitrogen and oxygen atoms in total. The molecule has 0 saturated carbocycles. The van der Waals surface area contributed by atoms with Gasteiger partial charge in [-0.15, -0.1) is 0 Å². The maximum absolute atomic E-state index is 9.03. The van der Waals surface area contributed by atoms with E-state index in [0.717, 1.165) is 37.8 Å². The first-order valence-corrected chi connectivity index (χ1v) is 6.30. The summed E-state index contributed by atoms with van der Waals surface area (Å²) in [5.74, 6) is 0.441. The van der Waals surface area contributed by atoms with Crippen LogP contribution in [0.5, 0.6) is 0 Å². The largest absolute Gasteiger partial charge is 0.411 e. The minimum atomic E-state index is 0.441. The summed E-state index contributed by atoms with van der Waals surface area (Å²) in [5, 5.41) is 12.5. The number of rotatable bonds is 1. The van der Waals surface area contributed by atoms with Crippen molar-refractivity contribution >= 4 is 5.71 Å². The standard InChI is InChI=1S/C15H19NO/c17-16-15-11-7-2-1-4-10-14(12-15)13-8-5-3-6-9-13/h1,3-6,8-9,14,17H,2,7,10-12H2/b4-1+,16-15+/t14-/m1/s1. The van der Waals surface area contributed by atoms with Gasteiger partial charge in [0.25, 0.3) is 0 Å². The molecule has 2 heteroatoms. The van der Waals surface area contributed by atoms with Gasteiger partial charge in [-0.05, 0) is 43.6 Å². The van der Waals surface area contributed by atoms with Crippen molar-refractivity contribution in [3.05, 3.63) is 48.0 Å². The van der Waals surface area contributed by atoms with Crippen molar-refractivity contribution < 1.29 is 5.21 Å². The Labute approximate surface area is 103 Å². The highest BCUT2D eigenvalue weighted by Gasteiger charge is 2.14. The SMILES string of the molecule is O/N=C1\CCC/C=C/C[C@@H](c2ccccc2)C1. The van der Waals surface area contributed by atoms with Crippen molar-refractivity contribution in [3.63, 3.8) is 0 Å². The number of allylic oxidation sites excluding steroid dienone is 2. The number of oxime groups is 1. The summed E-state index contributed by atoms with van der Waals surface area (Å²) in [4.78, 5) is 0. The van der Waals surface area contributed by atoms with Crippen LogP contribution in [0.15, 0.2) is 47.6 Å². The molecule has 0 unspecified atom stereocenters. The molecule has 0 fully saturated rings. The Morgan fingerprint density at radius 3 is 2.71 bits per heavy atom. The first kappa shape index (κ1) is 11.9. The predicted molar refractivity (Wildman–Crippen MR) is 70.6 cm³/mol. The molecule has 0 heterocycles. The average molecular weight is 229 g/mol. The maximum atomic E-state index is 9.03. The molecule has 0 saturated heterocycles. The zero-order valence-electron chi connectivity index (χ0n) is 10.0. The van der Waals surface area contributed by atoms with Gasteiger partial charge in [-0.25, -0.2) is 0 Å². The van der Waals surface area contributed by atoms with E-state index in [4.69, 9.17) is 5.21 Å². The molecule has 0 aromatic heterocycles. The molecule has 1 aliphatic rings. The van der Waals surface area contributed by atoms with E-state index < -0.39 is 0 Å². The number of hydrogen-bond donors (Lipinski definition) is 1. The van der Waals surface area contributed by atoms with E-state index in [1.54, 1.807) is 0 Å². The Morgan fingerprint density at radius 2 is 1.94 bits per heavy atom. The summed E-state index contributed by atoms with van der Waals surface area (Å²) in [6.45, 7) is 0. The number of hydrogen-bond acceptors (Lipinski definition) is 2. The molecule has 0 radical (unpaired) electrons. The highest BCUT2D eigenvalue weighted by molar-refractivity contribution is 5.84. The van der Waals surface area contributed by atoms with Crippen LogP contribution < -0.4 is 0 Å². The van der Waals surface area contributed by atoms with Crippen LogP contribution in [0.3, 0.4) is 0 Å². The summed E-state index contributed by atoms with van der Waals surface area (Å²) in [7, 11) is 0. The molecule has 2 rings (SSSR count). The molecule has 17 heavy (non-hydrogen) atoms. The summed E-state index contributed by atoms with van der Waals surface area (Å²) >= 11 is 0. The zero-order valence-corrected chi connectivity index (χ0v) is 10.0. The molecule has 1 aromatic carbocycles. The van der Waals surface area contributed by atoms with Gasteiger partial charge in [0.1, 0.15) is 0 Å². The van der Waals surface area contributed by atoms with Gasteiger partial charge in [0.05, 0.1) is 5.71 Å². The van der Waals surface area contributed by atoms with E-state index >= 15 is 0 Å². The van der Waals surface area contributed by atoms with Gasteiger partial charge < -0.3 is 5.21 Å². The first-order chi connectivity index (χ1) is 8.40. The molecule has 0 spiro atoms. The van der Waals surface area contributed by atoms with Gasteiger partial charge in [-0.3, -0.25) is 0 Å². The predicted octanol–water partition coefficient (Wildman–Crippen LogP) is 4.12. The highest BCUT2D eigenvalue weighted by atomic mass is 16.4. The van der Waals surface area contributed by atoms with Gasteiger partial charge in [0, 0.05) is 0 Å². The molecule has 0 amide bonds. The second kappa shape index (κ2) is 6.24. The van der Waals surface area contributed by atoms with Gasteiger partial charge >= 0.3 is 0 Å². The lowest BCUT2D eigenvalue weighted by Crippen LogP contribution is -2.06. The Hall–Kier alpha value is -1.57. The van der Waals surface area contributed by atoms with Gasteiger partial charge in [0.2, 0.25) is 0 Å². The molecule has 90 valence electrons. The van der Waals surface area contributed by atoms with Gasteiger partial charge in [-0.2, -0.15) is 0 Å². The molecule has 0 aliphatic heterocycles. The lowest BCUT2D eigenvalue weighted by atomic mass is 9.90. The molecule has 0 bridgehead atoms. The summed E-state index contributed by atoms with van der Waals surface area (Å²) in [6, 6.07) is 10.5. The average Bonchev–Trinajstić information content (AvgIpc) is 2.51. The fraction of sp³-hybridized carbons (Fsp3) is 0.400. The van der Waals surface area contributed by atoms with Crippen molar-refractivity contribution in [1.82, 2.24) is 0 Å². The molecule has 1 aromatic rings. The second-order valence-electron chi connectivity index (χ2n) is 4.58. The van der Waals surface area contributed by atoms with E-state index in [0.29, 0.717) is 5.92 Å². The number of benzene rings is 1. The van der Waals surface area contributed by atoms with E-state index in [-0.39, 0.29) is 0 Å². The van der Waals surface area contributed by atoms with Crippen molar-refractivity contribution in [3.8, 4) is 0 Å². The van der Waals surface area contributed by atoms with Crippen LogP contribution >= 0.6 is 0 Å². The fourth-order valence-electron chi connectivity index (χ4n) is 2.34. The van der Waals surface area contributed by atoms with Gasteiger partial charge in [-0.1, -0.05) is 47.6 Å². The van der Waals surface area contributed by atoms with Crippen LogP contribution in [0.1, 0.15) is 43.6 Å². The minimum absolute atomic E-state index is 0.441. The van der Waals surface area contributed by atoms with E-state index in [1.165, 1.54) is 5.56 Å². The fourth-order valence-corrected chi connectivity index (χ4v) is 2.34. The summed E-state index contributed by atoms with van der Waals surface area (Å²) < 4.78 is 0. The first-order valence-electron chi connectivity index (χ1n) is 6.30. The Morgan fingerprint density at radius 1 is 1.12 bits per heavy atom. The molecular formula is C15H19NO. The Balaban J connectivity index is 2.17. The third kappa shape index (κ3) is 3.45. The second-order valence-corrected chi connectivity index (χ2v) is 4.58. The van der Waals surface area contributed by atoms with E-state index in [2.05, 4.69) is 41.6 Å². The third-order valence-electron chi connectivity index (χ3n) is 3.32. The van der Waals surface area contributed by atoms with Crippen LogP contribution in [0, 0.1) is 0 Å². The Bertz CT molecular complexity index is 395. The molecule has 1 aliphatic carbocycles. The monoisotopic (exact) mass is 229 g/mol. The molecule has 1 atom stereocenters. The van der Waals surface area contributed by atoms with Crippen LogP contribution in [0.2, 0.25) is 0 Å². The van der Waals surface area contributed by atoms with Gasteiger partial charge in [0.15, 0.2) is 0 Å². The van der Waals surface area contributed by atoms with Crippen LogP contribution in [-0.2, 0) is 0 Å². The van der Waals surface area contributed by atoms with Crippen molar-refractivity contribution in [1.29, 1.82) is 0 Å². The van der Waals surface area contributed by atoms with E-state index in [1.807, 2.05) is 6.07 Å². The quantitative estimate of drug-likeness (QED) is 0.438. The van der Waals surface area contributed by atoms with Crippen LogP contribution in [-0.4, -0.2) is 10.9 Å².